The molecule has 28 heavy (non-hydrogen) atoms. The van der Waals surface area contributed by atoms with Crippen molar-refractivity contribution in [1.29, 1.82) is 0 Å². The number of rotatable bonds is 9. The Morgan fingerprint density at radius 1 is 1.36 bits per heavy atom. The number of ether oxygens (including phenoxy) is 3. The Morgan fingerprint density at radius 3 is 2.86 bits per heavy atom. The summed E-state index contributed by atoms with van der Waals surface area (Å²) in [6.45, 7) is 6.94. The van der Waals surface area contributed by atoms with E-state index >= 15 is 0 Å². The summed E-state index contributed by atoms with van der Waals surface area (Å²) < 4.78 is 17.2. The van der Waals surface area contributed by atoms with Gasteiger partial charge in [0, 0.05) is 32.8 Å². The third-order valence-corrected chi connectivity index (χ3v) is 5.67. The Morgan fingerprint density at radius 2 is 2.18 bits per heavy atom. The van der Waals surface area contributed by atoms with Crippen LogP contribution in [0.2, 0.25) is 0 Å². The molecule has 0 amide bonds. The van der Waals surface area contributed by atoms with Crippen molar-refractivity contribution < 1.29 is 24.1 Å². The monoisotopic (exact) mass is 392 g/mol. The van der Waals surface area contributed by atoms with Gasteiger partial charge in [-0.05, 0) is 51.1 Å². The average molecular weight is 392 g/mol. The van der Waals surface area contributed by atoms with Crippen molar-refractivity contribution in [2.75, 3.05) is 60.2 Å². The number of carbonyl (C=O) groups is 1. The Labute approximate surface area is 167 Å². The molecule has 2 aliphatic heterocycles. The predicted molar refractivity (Wildman–Crippen MR) is 106 cm³/mol. The van der Waals surface area contributed by atoms with Gasteiger partial charge in [-0.1, -0.05) is 6.07 Å². The lowest BCUT2D eigenvalue weighted by atomic mass is 9.76. The number of nitrogens with zero attached hydrogens (tertiary/aromatic N) is 2. The maximum atomic E-state index is 11.9. The van der Waals surface area contributed by atoms with Crippen molar-refractivity contribution in [2.45, 2.75) is 19.9 Å². The van der Waals surface area contributed by atoms with Gasteiger partial charge in [0.15, 0.2) is 11.5 Å². The van der Waals surface area contributed by atoms with Crippen LogP contribution in [0.1, 0.15) is 18.9 Å². The summed E-state index contributed by atoms with van der Waals surface area (Å²) in [6.07, 6.45) is 0.811. The molecule has 1 N–H and O–H groups in total. The van der Waals surface area contributed by atoms with Crippen molar-refractivity contribution in [3.05, 3.63) is 23.8 Å². The highest BCUT2D eigenvalue weighted by Crippen LogP contribution is 2.42. The molecular formula is C21H32N2O5. The topological polar surface area (TPSA) is 71.5 Å². The summed E-state index contributed by atoms with van der Waals surface area (Å²) in [6, 6.07) is 6.01. The van der Waals surface area contributed by atoms with Gasteiger partial charge in [-0.25, -0.2) is 0 Å². The van der Waals surface area contributed by atoms with Crippen LogP contribution >= 0.6 is 0 Å². The number of fused-ring (bicyclic) bond motifs is 1. The van der Waals surface area contributed by atoms with Crippen molar-refractivity contribution >= 4 is 5.97 Å². The summed E-state index contributed by atoms with van der Waals surface area (Å²) in [5.74, 6) is 0.905. The third-order valence-electron chi connectivity index (χ3n) is 5.67. The first kappa shape index (κ1) is 20.9. The molecule has 2 atom stereocenters. The Hall–Kier alpha value is -1.83. The fourth-order valence-electron chi connectivity index (χ4n) is 4.15. The molecule has 0 unspecified atom stereocenters. The minimum absolute atomic E-state index is 0.152. The van der Waals surface area contributed by atoms with Crippen LogP contribution in [-0.2, 0) is 16.1 Å². The number of benzene rings is 1. The number of aliphatic carboxylic acids is 1. The molecule has 0 bridgehead atoms. The van der Waals surface area contributed by atoms with E-state index in [-0.39, 0.29) is 5.92 Å². The number of likely N-dealkylation sites (N-methyl/N-ethyl adjacent to an activating group) is 1. The smallest absolute Gasteiger partial charge is 0.313 e. The van der Waals surface area contributed by atoms with E-state index in [1.54, 1.807) is 0 Å². The molecular weight excluding hydrogens is 360 g/mol. The van der Waals surface area contributed by atoms with Gasteiger partial charge >= 0.3 is 5.97 Å². The van der Waals surface area contributed by atoms with E-state index in [1.165, 1.54) is 0 Å². The van der Waals surface area contributed by atoms with Crippen molar-refractivity contribution in [3.63, 3.8) is 0 Å². The van der Waals surface area contributed by atoms with Gasteiger partial charge in [0.1, 0.15) is 12.0 Å². The van der Waals surface area contributed by atoms with E-state index in [2.05, 4.69) is 9.80 Å². The van der Waals surface area contributed by atoms with Gasteiger partial charge in [0.05, 0.1) is 13.2 Å². The van der Waals surface area contributed by atoms with Crippen LogP contribution in [0.15, 0.2) is 18.2 Å². The molecule has 0 saturated carbocycles. The average Bonchev–Trinajstić information content (AvgIpc) is 3.03. The molecule has 0 aliphatic carbocycles. The number of likely N-dealkylation sites (tertiary alicyclic amines) is 1. The Balaban J connectivity index is 1.68. The summed E-state index contributed by atoms with van der Waals surface area (Å²) in [4.78, 5) is 16.2. The van der Waals surface area contributed by atoms with E-state index in [9.17, 15) is 9.90 Å². The highest BCUT2D eigenvalue weighted by atomic mass is 16.5. The third kappa shape index (κ3) is 4.59. The van der Waals surface area contributed by atoms with Gasteiger partial charge in [-0.3, -0.25) is 9.69 Å². The first-order chi connectivity index (χ1) is 13.4. The van der Waals surface area contributed by atoms with E-state index in [0.717, 1.165) is 36.6 Å². The molecule has 3 rings (SSSR count). The maximum absolute atomic E-state index is 11.9. The number of carboxylic acids is 1. The van der Waals surface area contributed by atoms with Crippen LogP contribution in [-0.4, -0.2) is 81.0 Å². The molecule has 0 aromatic heterocycles. The van der Waals surface area contributed by atoms with E-state index < -0.39 is 11.4 Å². The zero-order valence-electron chi connectivity index (χ0n) is 17.1. The molecule has 1 aromatic carbocycles. The summed E-state index contributed by atoms with van der Waals surface area (Å²) in [7, 11) is 4.02. The maximum Gasteiger partial charge on any atom is 0.313 e. The fourth-order valence-corrected chi connectivity index (χ4v) is 4.15. The van der Waals surface area contributed by atoms with Gasteiger partial charge in [-0.2, -0.15) is 0 Å². The van der Waals surface area contributed by atoms with Crippen molar-refractivity contribution in [1.82, 2.24) is 9.80 Å². The molecule has 2 saturated heterocycles. The van der Waals surface area contributed by atoms with Crippen LogP contribution in [0.3, 0.4) is 0 Å². The molecule has 2 fully saturated rings. The predicted octanol–water partition coefficient (Wildman–Crippen LogP) is 1.95. The highest BCUT2D eigenvalue weighted by molar-refractivity contribution is 5.76. The van der Waals surface area contributed by atoms with Crippen LogP contribution in [0.4, 0.5) is 0 Å². The van der Waals surface area contributed by atoms with Crippen LogP contribution in [0.25, 0.3) is 0 Å². The lowest BCUT2D eigenvalue weighted by Crippen LogP contribution is -2.46. The standard InChI is InChI=1S/C21H32N2O5/c1-4-27-19-11-16(5-6-18(19)28-10-8-22(2)3)12-23-13-17-7-9-26-15-21(17,14-23)20(24)25/h5-6,11,17H,4,7-10,12-15H2,1-3H3,(H,24,25)/t17-,21+/m0/s1. The van der Waals surface area contributed by atoms with Gasteiger partial charge in [0.25, 0.3) is 0 Å². The SMILES string of the molecule is CCOc1cc(CN2C[C@@H]3CCOC[C@]3(C(=O)O)C2)ccc1OCCN(C)C. The summed E-state index contributed by atoms with van der Waals surface area (Å²) >= 11 is 0. The van der Waals surface area contributed by atoms with Gasteiger partial charge < -0.3 is 24.2 Å². The fraction of sp³-hybridized carbons (Fsp3) is 0.667. The second kappa shape index (κ2) is 9.11. The quantitative estimate of drug-likeness (QED) is 0.689. The van der Waals surface area contributed by atoms with Gasteiger partial charge in [0.2, 0.25) is 0 Å². The highest BCUT2D eigenvalue weighted by Gasteiger charge is 2.53. The second-order valence-electron chi connectivity index (χ2n) is 8.03. The lowest BCUT2D eigenvalue weighted by Gasteiger charge is -2.34. The molecule has 2 heterocycles. The minimum atomic E-state index is -0.768. The normalized spacial score (nSPS) is 24.9. The largest absolute Gasteiger partial charge is 0.490 e. The Kier molecular flexibility index (Phi) is 6.80. The lowest BCUT2D eigenvalue weighted by molar-refractivity contribution is -0.159. The molecule has 2 aliphatic rings. The first-order valence-electron chi connectivity index (χ1n) is 10.0. The first-order valence-corrected chi connectivity index (χ1v) is 10.0. The van der Waals surface area contributed by atoms with Crippen molar-refractivity contribution in [3.8, 4) is 11.5 Å². The van der Waals surface area contributed by atoms with Crippen LogP contribution in [0.5, 0.6) is 11.5 Å². The molecule has 7 nitrogen and oxygen atoms in total. The van der Waals surface area contributed by atoms with Crippen LogP contribution < -0.4 is 9.47 Å². The zero-order chi connectivity index (χ0) is 20.1. The van der Waals surface area contributed by atoms with E-state index in [0.29, 0.717) is 39.5 Å². The van der Waals surface area contributed by atoms with E-state index in [4.69, 9.17) is 14.2 Å². The van der Waals surface area contributed by atoms with Gasteiger partial charge in [-0.15, -0.1) is 0 Å². The number of hydrogen-bond acceptors (Lipinski definition) is 6. The summed E-state index contributed by atoms with van der Waals surface area (Å²) in [5, 5.41) is 9.81. The molecule has 0 spiro atoms. The number of hydrogen-bond donors (Lipinski definition) is 1. The van der Waals surface area contributed by atoms with E-state index in [1.807, 2.05) is 39.2 Å². The summed E-state index contributed by atoms with van der Waals surface area (Å²) in [5.41, 5.74) is 0.333. The van der Waals surface area contributed by atoms with Crippen LogP contribution in [0, 0.1) is 11.3 Å². The molecule has 1 aromatic rings. The second-order valence-corrected chi connectivity index (χ2v) is 8.03. The minimum Gasteiger partial charge on any atom is -0.490 e. The Bertz CT molecular complexity index is 681. The number of carboxylic acid groups (broad SMARTS) is 1. The molecule has 7 heteroatoms. The molecule has 0 radical (unpaired) electrons. The molecule has 156 valence electrons. The zero-order valence-corrected chi connectivity index (χ0v) is 17.1. The van der Waals surface area contributed by atoms with Crippen molar-refractivity contribution in [2.24, 2.45) is 11.3 Å².